The summed E-state index contributed by atoms with van der Waals surface area (Å²) in [6, 6.07) is 0. The maximum Gasteiger partial charge on any atom is 0.241 e. The second kappa shape index (κ2) is 8.54. The van der Waals surface area contributed by atoms with Crippen molar-refractivity contribution in [3.05, 3.63) is 23.7 Å². The molecular weight excluding hydrogens is 487 g/mol. The van der Waals surface area contributed by atoms with Crippen LogP contribution in [0.5, 0.6) is 0 Å². The van der Waals surface area contributed by atoms with Gasteiger partial charge in [-0.15, -0.1) is 23.2 Å². The highest BCUT2D eigenvalue weighted by molar-refractivity contribution is 6.70. The molecule has 0 N–H and O–H groups in total. The number of halogens is 2. The number of methoxy groups -OCH3 is 2. The Morgan fingerprint density at radius 3 is 1.31 bits per heavy atom. The molecule has 0 aliphatic heterocycles. The normalized spacial score (nSPS) is 37.8. The minimum atomic E-state index is -1.96. The van der Waals surface area contributed by atoms with Gasteiger partial charge < -0.3 is 18.3 Å². The van der Waals surface area contributed by atoms with Crippen molar-refractivity contribution in [1.29, 1.82) is 0 Å². The third-order valence-corrected chi connectivity index (χ3v) is 9.18. The molecule has 6 atom stereocenters. The van der Waals surface area contributed by atoms with Gasteiger partial charge in [-0.25, -0.2) is 0 Å². The second-order valence-corrected chi connectivity index (χ2v) is 20.9. The SMILES string of the molecule is COC1C=C(O[Si](C)(C)C)CC2C(=O)C3(Cl)C(OC)C=C(O[Si](C)(C)C)CC3C(=O)C12Cl. The maximum absolute atomic E-state index is 14.0. The van der Waals surface area contributed by atoms with E-state index in [9.17, 15) is 9.59 Å². The van der Waals surface area contributed by atoms with E-state index in [0.29, 0.717) is 11.5 Å². The van der Waals surface area contributed by atoms with Gasteiger partial charge in [0.15, 0.2) is 11.6 Å². The van der Waals surface area contributed by atoms with E-state index in [4.69, 9.17) is 41.5 Å². The molecule has 3 aliphatic carbocycles. The van der Waals surface area contributed by atoms with E-state index < -0.39 is 50.4 Å². The minimum absolute atomic E-state index is 0.206. The van der Waals surface area contributed by atoms with E-state index >= 15 is 0 Å². The van der Waals surface area contributed by atoms with Crippen LogP contribution >= 0.6 is 23.2 Å². The predicted octanol–water partition coefficient (Wildman–Crippen LogP) is 4.63. The molecule has 3 rings (SSSR count). The highest BCUT2D eigenvalue weighted by Crippen LogP contribution is 2.56. The Kier molecular flexibility index (Phi) is 6.93. The van der Waals surface area contributed by atoms with E-state index in [-0.39, 0.29) is 24.4 Å². The Hall–Kier alpha value is -0.646. The van der Waals surface area contributed by atoms with Gasteiger partial charge >= 0.3 is 0 Å². The molecule has 1 saturated carbocycles. The molecule has 0 radical (unpaired) electrons. The Morgan fingerprint density at radius 2 is 1.06 bits per heavy atom. The first-order valence-corrected chi connectivity index (χ1v) is 18.5. The second-order valence-electron chi connectivity index (χ2n) is 10.8. The fourth-order valence-corrected chi connectivity index (χ4v) is 7.75. The molecule has 0 spiro atoms. The number of alkyl halides is 2. The van der Waals surface area contributed by atoms with Crippen molar-refractivity contribution in [1.82, 2.24) is 0 Å². The highest BCUT2D eigenvalue weighted by Gasteiger charge is 2.70. The van der Waals surface area contributed by atoms with Gasteiger partial charge in [-0.1, -0.05) is 0 Å². The maximum atomic E-state index is 14.0. The number of hydrogen-bond donors (Lipinski definition) is 0. The molecule has 0 amide bonds. The number of allylic oxidation sites excluding steroid dienone is 2. The number of ketones is 2. The van der Waals surface area contributed by atoms with E-state index in [2.05, 4.69) is 39.3 Å². The summed E-state index contributed by atoms with van der Waals surface area (Å²) in [5.74, 6) is -1.11. The third-order valence-electron chi connectivity index (χ3n) is 6.10. The number of fused-ring (bicyclic) bond motifs is 2. The smallest absolute Gasteiger partial charge is 0.241 e. The van der Waals surface area contributed by atoms with Crippen molar-refractivity contribution < 1.29 is 27.9 Å². The Morgan fingerprint density at radius 1 is 0.750 bits per heavy atom. The van der Waals surface area contributed by atoms with Gasteiger partial charge in [-0.2, -0.15) is 0 Å². The summed E-state index contributed by atoms with van der Waals surface area (Å²) in [6.07, 6.45) is 2.30. The number of rotatable bonds is 6. The molecule has 1 fully saturated rings. The van der Waals surface area contributed by atoms with Gasteiger partial charge in [0.2, 0.25) is 16.6 Å². The lowest BCUT2D eigenvalue weighted by atomic mass is 9.57. The van der Waals surface area contributed by atoms with Crippen molar-refractivity contribution in [3.63, 3.8) is 0 Å². The Labute approximate surface area is 202 Å². The van der Waals surface area contributed by atoms with Crippen molar-refractivity contribution in [2.75, 3.05) is 14.2 Å². The number of ether oxygens (including phenoxy) is 2. The molecule has 0 aromatic heterocycles. The van der Waals surface area contributed by atoms with Crippen LogP contribution in [-0.4, -0.2) is 64.4 Å². The number of hydrogen-bond acceptors (Lipinski definition) is 6. The molecular formula is C22H34Cl2O6Si2. The molecule has 180 valence electrons. The molecule has 0 heterocycles. The van der Waals surface area contributed by atoms with Crippen LogP contribution in [0.25, 0.3) is 0 Å². The van der Waals surface area contributed by atoms with E-state index in [1.54, 1.807) is 12.2 Å². The molecule has 10 heteroatoms. The lowest BCUT2D eigenvalue weighted by Crippen LogP contribution is -2.71. The third kappa shape index (κ3) is 4.39. The summed E-state index contributed by atoms with van der Waals surface area (Å²) in [5, 5.41) is 0. The molecule has 0 aromatic carbocycles. The lowest BCUT2D eigenvalue weighted by Gasteiger charge is -2.54. The molecule has 3 aliphatic rings. The largest absolute Gasteiger partial charge is 0.547 e. The van der Waals surface area contributed by atoms with E-state index in [1.165, 1.54) is 14.2 Å². The van der Waals surface area contributed by atoms with Gasteiger partial charge in [-0.05, 0) is 51.4 Å². The quantitative estimate of drug-likeness (QED) is 0.375. The van der Waals surface area contributed by atoms with Crippen LogP contribution in [0.15, 0.2) is 23.7 Å². The number of carbonyl (C=O) groups is 2. The fraction of sp³-hybridized carbons (Fsp3) is 0.727. The van der Waals surface area contributed by atoms with Gasteiger partial charge in [0.25, 0.3) is 0 Å². The zero-order chi connectivity index (χ0) is 24.3. The molecule has 32 heavy (non-hydrogen) atoms. The van der Waals surface area contributed by atoms with Crippen LogP contribution in [0.2, 0.25) is 39.3 Å². The van der Waals surface area contributed by atoms with Gasteiger partial charge in [0.1, 0.15) is 22.0 Å². The monoisotopic (exact) mass is 520 g/mol. The molecule has 0 bridgehead atoms. The average molecular weight is 522 g/mol. The van der Waals surface area contributed by atoms with Crippen molar-refractivity contribution in [3.8, 4) is 0 Å². The van der Waals surface area contributed by atoms with Crippen molar-refractivity contribution in [2.24, 2.45) is 11.8 Å². The molecule has 6 unspecified atom stereocenters. The average Bonchev–Trinajstić information content (AvgIpc) is 2.65. The van der Waals surface area contributed by atoms with Crippen LogP contribution in [-0.2, 0) is 27.9 Å². The minimum Gasteiger partial charge on any atom is -0.547 e. The van der Waals surface area contributed by atoms with Crippen LogP contribution < -0.4 is 0 Å². The van der Waals surface area contributed by atoms with Gasteiger partial charge in [0, 0.05) is 27.1 Å². The van der Waals surface area contributed by atoms with E-state index in [0.717, 1.165) is 0 Å². The standard InChI is InChI=1S/C22H34Cl2O6Si2/c1-27-17-11-13(29-31(3,4)5)9-15-20(26)22(24)16(19(25)21(15,17)23)10-14(12-18(22)28-2)30-32(6,7)8/h11-12,15-18H,9-10H2,1-8H3. The summed E-state index contributed by atoms with van der Waals surface area (Å²) in [6.45, 7) is 12.3. The van der Waals surface area contributed by atoms with Crippen LogP contribution in [0.1, 0.15) is 12.8 Å². The lowest BCUT2D eigenvalue weighted by molar-refractivity contribution is -0.152. The van der Waals surface area contributed by atoms with Crippen molar-refractivity contribution in [2.45, 2.75) is 74.1 Å². The highest BCUT2D eigenvalue weighted by atomic mass is 35.5. The van der Waals surface area contributed by atoms with Crippen LogP contribution in [0.4, 0.5) is 0 Å². The zero-order valence-corrected chi connectivity index (χ0v) is 23.6. The van der Waals surface area contributed by atoms with E-state index in [1.807, 2.05) is 0 Å². The summed E-state index contributed by atoms with van der Waals surface area (Å²) in [7, 11) is -0.942. The topological polar surface area (TPSA) is 71.1 Å². The molecule has 0 saturated heterocycles. The fourth-order valence-electron chi connectivity index (χ4n) is 4.95. The number of carbonyl (C=O) groups excluding carboxylic acids is 2. The first-order chi connectivity index (χ1) is 14.6. The summed E-state index contributed by atoms with van der Waals surface area (Å²) < 4.78 is 23.6. The zero-order valence-electron chi connectivity index (χ0n) is 20.1. The molecule has 0 aromatic rings. The van der Waals surface area contributed by atoms with Gasteiger partial charge in [0.05, 0.1) is 23.4 Å². The van der Waals surface area contributed by atoms with Crippen LogP contribution in [0.3, 0.4) is 0 Å². The van der Waals surface area contributed by atoms with Crippen LogP contribution in [0, 0.1) is 11.8 Å². The summed E-state index contributed by atoms with van der Waals surface area (Å²) >= 11 is 14.1. The van der Waals surface area contributed by atoms with Gasteiger partial charge in [-0.3, -0.25) is 9.59 Å². The Bertz CT molecular complexity index is 791. The first kappa shape index (κ1) is 26.0. The Balaban J connectivity index is 2.09. The predicted molar refractivity (Wildman–Crippen MR) is 130 cm³/mol. The summed E-state index contributed by atoms with van der Waals surface area (Å²) in [5.41, 5.74) is 0. The first-order valence-electron chi connectivity index (χ1n) is 10.9. The van der Waals surface area contributed by atoms with Crippen molar-refractivity contribution >= 4 is 51.4 Å². The molecule has 6 nitrogen and oxygen atoms in total. The number of Topliss-reactive ketones (excluding diaryl/α,β-unsaturated/α-hetero) is 2. The summed E-state index contributed by atoms with van der Waals surface area (Å²) in [4.78, 5) is 24.8.